The van der Waals surface area contributed by atoms with Crippen LogP contribution in [0.15, 0.2) is 23.8 Å². The molecule has 0 saturated heterocycles. The van der Waals surface area contributed by atoms with Gasteiger partial charge in [-0.25, -0.2) is 0 Å². The molecule has 1 nitrogen and oxygen atoms in total. The second kappa shape index (κ2) is 4.86. The van der Waals surface area contributed by atoms with Crippen LogP contribution in [0.25, 0.3) is 0 Å². The highest BCUT2D eigenvalue weighted by atomic mass is 16.1. The summed E-state index contributed by atoms with van der Waals surface area (Å²) in [5.41, 5.74) is 0.813. The van der Waals surface area contributed by atoms with E-state index in [9.17, 15) is 4.79 Å². The number of carbonyl (C=O) groups excluding carboxylic acids is 1. The summed E-state index contributed by atoms with van der Waals surface area (Å²) in [5, 5.41) is 0. The zero-order chi connectivity index (χ0) is 7.11. The predicted molar refractivity (Wildman–Crippen MR) is 37.8 cm³/mol. The van der Waals surface area contributed by atoms with E-state index in [-0.39, 0.29) is 0 Å². The Labute approximate surface area is 55.1 Å². The molecule has 0 fully saturated rings. The van der Waals surface area contributed by atoms with Gasteiger partial charge in [-0.3, -0.25) is 4.79 Å². The maximum absolute atomic E-state index is 9.71. The van der Waals surface area contributed by atoms with Crippen LogP contribution in [0.3, 0.4) is 0 Å². The van der Waals surface area contributed by atoms with Crippen molar-refractivity contribution in [1.29, 1.82) is 0 Å². The summed E-state index contributed by atoms with van der Waals surface area (Å²) >= 11 is 0. The van der Waals surface area contributed by atoms with Gasteiger partial charge in [0.15, 0.2) is 0 Å². The first kappa shape index (κ1) is 7.71. The Kier molecular flexibility index (Phi) is 4.16. The lowest BCUT2D eigenvalue weighted by Gasteiger charge is -1.77. The van der Waals surface area contributed by atoms with Crippen LogP contribution in [0.5, 0.6) is 0 Å². The Morgan fingerprint density at radius 3 is 2.67 bits per heavy atom. The third kappa shape index (κ3) is 4.57. The first-order chi connectivity index (χ1) is 4.31. The number of hydrogen-bond donors (Lipinski definition) is 0. The minimum Gasteiger partial charge on any atom is -0.299 e. The van der Waals surface area contributed by atoms with Gasteiger partial charge in [-0.2, -0.15) is 0 Å². The third-order valence-electron chi connectivity index (χ3n) is 0.764. The Bertz CT molecular complexity index is 179. The van der Waals surface area contributed by atoms with Crippen molar-refractivity contribution < 1.29 is 4.79 Å². The topological polar surface area (TPSA) is 17.1 Å². The molecule has 9 heavy (non-hydrogen) atoms. The van der Waals surface area contributed by atoms with Crippen molar-refractivity contribution in [2.45, 2.75) is 6.92 Å². The van der Waals surface area contributed by atoms with E-state index < -0.39 is 0 Å². The Morgan fingerprint density at radius 1 is 1.56 bits per heavy atom. The van der Waals surface area contributed by atoms with Crippen molar-refractivity contribution in [1.82, 2.24) is 0 Å². The molecule has 0 bridgehead atoms. The maximum Gasteiger partial charge on any atom is 0.142 e. The number of rotatable bonds is 2. The molecule has 0 rings (SSSR count). The van der Waals surface area contributed by atoms with Gasteiger partial charge in [-0.05, 0) is 18.6 Å². The summed E-state index contributed by atoms with van der Waals surface area (Å²) < 4.78 is 0. The monoisotopic (exact) mass is 120 g/mol. The van der Waals surface area contributed by atoms with Gasteiger partial charge in [0, 0.05) is 0 Å². The number of hydrogen-bond acceptors (Lipinski definition) is 1. The van der Waals surface area contributed by atoms with Crippen molar-refractivity contribution in [2.75, 3.05) is 0 Å². The third-order valence-corrected chi connectivity index (χ3v) is 0.764. The van der Waals surface area contributed by atoms with E-state index in [1.54, 1.807) is 19.1 Å². The fraction of sp³-hybridized carbons (Fsp3) is 0.125. The summed E-state index contributed by atoms with van der Waals surface area (Å²) in [6.07, 6.45) is 10.4. The van der Waals surface area contributed by atoms with Crippen molar-refractivity contribution in [3.63, 3.8) is 0 Å². The van der Waals surface area contributed by atoms with Gasteiger partial charge in [0.05, 0.1) is 0 Å². The number of terminal acetylenes is 1. The zero-order valence-electron chi connectivity index (χ0n) is 5.29. The molecule has 0 atom stereocenters. The molecule has 46 valence electrons. The van der Waals surface area contributed by atoms with Gasteiger partial charge < -0.3 is 0 Å². The summed E-state index contributed by atoms with van der Waals surface area (Å²) in [6, 6.07) is 0. The van der Waals surface area contributed by atoms with Crippen LogP contribution in [0.2, 0.25) is 0 Å². The Hall–Kier alpha value is -1.29. The smallest absolute Gasteiger partial charge is 0.142 e. The molecule has 0 spiro atoms. The summed E-state index contributed by atoms with van der Waals surface area (Å²) in [5.74, 6) is 2.42. The lowest BCUT2D eigenvalue weighted by molar-refractivity contribution is -0.104. The molecule has 0 N–H and O–H groups in total. The van der Waals surface area contributed by atoms with Crippen LogP contribution in [0.1, 0.15) is 6.92 Å². The predicted octanol–water partition coefficient (Wildman–Crippen LogP) is 1.32. The molecule has 0 aliphatic carbocycles. The number of carbonyl (C=O) groups is 1. The molecule has 0 aromatic heterocycles. The minimum atomic E-state index is 0.709. The summed E-state index contributed by atoms with van der Waals surface area (Å²) in [4.78, 5) is 9.71. The first-order valence-corrected chi connectivity index (χ1v) is 2.56. The molecule has 0 aliphatic rings. The molecule has 0 saturated carbocycles. The van der Waals surface area contributed by atoms with Crippen molar-refractivity contribution in [2.24, 2.45) is 0 Å². The van der Waals surface area contributed by atoms with E-state index in [1.165, 1.54) is 6.08 Å². The molecule has 0 aliphatic heterocycles. The largest absolute Gasteiger partial charge is 0.299 e. The van der Waals surface area contributed by atoms with Gasteiger partial charge >= 0.3 is 0 Å². The van der Waals surface area contributed by atoms with Gasteiger partial charge in [0.25, 0.3) is 0 Å². The van der Waals surface area contributed by atoms with Gasteiger partial charge in [-0.15, -0.1) is 6.42 Å². The van der Waals surface area contributed by atoms with E-state index in [0.29, 0.717) is 6.29 Å². The van der Waals surface area contributed by atoms with E-state index in [0.717, 1.165) is 5.57 Å². The Morgan fingerprint density at radius 2 is 2.22 bits per heavy atom. The zero-order valence-corrected chi connectivity index (χ0v) is 5.29. The highest BCUT2D eigenvalue weighted by molar-refractivity contribution is 5.65. The molecule has 0 aromatic rings. The van der Waals surface area contributed by atoms with E-state index >= 15 is 0 Å². The van der Waals surface area contributed by atoms with Crippen molar-refractivity contribution in [3.8, 4) is 12.3 Å². The second-order valence-electron chi connectivity index (χ2n) is 1.51. The standard InChI is InChI=1S/C8H8O/c1-3-8(2)6-4-5-7-9/h1,4-7H,2H3/b5-4+,8-6-. The maximum atomic E-state index is 9.71. The number of aldehydes is 1. The quantitative estimate of drug-likeness (QED) is 0.232. The summed E-state index contributed by atoms with van der Waals surface area (Å²) in [6.45, 7) is 1.80. The first-order valence-electron chi connectivity index (χ1n) is 2.56. The van der Waals surface area contributed by atoms with Crippen LogP contribution in [-0.2, 0) is 4.79 Å². The molecule has 0 heterocycles. The van der Waals surface area contributed by atoms with Gasteiger partial charge in [-0.1, -0.05) is 18.1 Å². The van der Waals surface area contributed by atoms with E-state index in [4.69, 9.17) is 6.42 Å². The number of allylic oxidation sites excluding steroid dienone is 4. The fourth-order valence-electron chi connectivity index (χ4n) is 0.293. The second-order valence-corrected chi connectivity index (χ2v) is 1.51. The highest BCUT2D eigenvalue weighted by Gasteiger charge is 1.72. The lowest BCUT2D eigenvalue weighted by atomic mass is 10.3. The average Bonchev–Trinajstić information content (AvgIpc) is 1.89. The van der Waals surface area contributed by atoms with Crippen LogP contribution < -0.4 is 0 Å². The lowest BCUT2D eigenvalue weighted by Crippen LogP contribution is -1.63. The van der Waals surface area contributed by atoms with Gasteiger partial charge in [0.1, 0.15) is 6.29 Å². The average molecular weight is 120 g/mol. The molecular formula is C8H8O. The van der Waals surface area contributed by atoms with Crippen molar-refractivity contribution in [3.05, 3.63) is 23.8 Å². The molecule has 1 heteroatoms. The SMILES string of the molecule is C#C/C(C)=C\C=C\C=O. The normalized spacial score (nSPS) is 11.3. The van der Waals surface area contributed by atoms with Crippen molar-refractivity contribution >= 4 is 6.29 Å². The van der Waals surface area contributed by atoms with Crippen LogP contribution in [-0.4, -0.2) is 6.29 Å². The van der Waals surface area contributed by atoms with E-state index in [1.807, 2.05) is 0 Å². The van der Waals surface area contributed by atoms with Gasteiger partial charge in [0.2, 0.25) is 0 Å². The minimum absolute atomic E-state index is 0.709. The molecule has 0 radical (unpaired) electrons. The Balaban J connectivity index is 3.86. The molecular weight excluding hydrogens is 112 g/mol. The van der Waals surface area contributed by atoms with Crippen LogP contribution in [0, 0.1) is 12.3 Å². The highest BCUT2D eigenvalue weighted by Crippen LogP contribution is 1.87. The van der Waals surface area contributed by atoms with Crippen LogP contribution in [0.4, 0.5) is 0 Å². The summed E-state index contributed by atoms with van der Waals surface area (Å²) in [7, 11) is 0. The molecule has 0 unspecified atom stereocenters. The molecule has 0 amide bonds. The van der Waals surface area contributed by atoms with Crippen LogP contribution >= 0.6 is 0 Å². The fourth-order valence-corrected chi connectivity index (χ4v) is 0.293. The van der Waals surface area contributed by atoms with E-state index in [2.05, 4.69) is 5.92 Å². The molecule has 0 aromatic carbocycles.